The molecule has 22 heavy (non-hydrogen) atoms. The Bertz CT molecular complexity index is 654. The van der Waals surface area contributed by atoms with Crippen LogP contribution in [0.15, 0.2) is 28.0 Å². The third kappa shape index (κ3) is 2.77. The van der Waals surface area contributed by atoms with E-state index in [1.165, 1.54) is 31.0 Å². The first kappa shape index (κ1) is 13.9. The average molecular weight is 318 g/mol. The third-order valence-electron chi connectivity index (χ3n) is 4.64. The highest BCUT2D eigenvalue weighted by atomic mass is 32.2. The maximum absolute atomic E-state index is 12.1. The van der Waals surface area contributed by atoms with Crippen molar-refractivity contribution >= 4 is 17.7 Å². The van der Waals surface area contributed by atoms with Gasteiger partial charge in [0.2, 0.25) is 11.1 Å². The molecule has 3 atom stereocenters. The Morgan fingerprint density at radius 1 is 1.45 bits per heavy atom. The van der Waals surface area contributed by atoms with Gasteiger partial charge in [0.05, 0.1) is 12.0 Å². The Labute approximate surface area is 132 Å². The van der Waals surface area contributed by atoms with Gasteiger partial charge in [-0.2, -0.15) is 4.98 Å². The minimum absolute atomic E-state index is 0.0758. The van der Waals surface area contributed by atoms with Crippen molar-refractivity contribution in [1.29, 1.82) is 0 Å². The molecule has 2 aliphatic carbocycles. The number of carbonyl (C=O) groups is 1. The fraction of sp³-hybridized carbons (Fsp3) is 0.533. The van der Waals surface area contributed by atoms with Crippen LogP contribution in [0.3, 0.4) is 0 Å². The van der Waals surface area contributed by atoms with Crippen LogP contribution in [0.1, 0.15) is 25.7 Å². The molecular weight excluding hydrogens is 300 g/mol. The van der Waals surface area contributed by atoms with Crippen molar-refractivity contribution in [3.8, 4) is 11.6 Å². The summed E-state index contributed by atoms with van der Waals surface area (Å²) in [5, 5.41) is 10.7. The Kier molecular flexibility index (Phi) is 3.65. The lowest BCUT2D eigenvalue weighted by Gasteiger charge is -2.22. The molecule has 7 heteroatoms. The number of amides is 1. The average Bonchev–Trinajstić information content (AvgIpc) is 3.27. The van der Waals surface area contributed by atoms with Crippen LogP contribution in [-0.4, -0.2) is 32.9 Å². The lowest BCUT2D eigenvalue weighted by molar-refractivity contribution is -0.119. The van der Waals surface area contributed by atoms with E-state index in [1.54, 1.807) is 12.3 Å². The molecule has 116 valence electrons. The van der Waals surface area contributed by atoms with Crippen LogP contribution in [0, 0.1) is 11.8 Å². The SMILES string of the molecule is O=C(CSc1n[nH]c(-c2ccco2)n1)N[C@H]1C[C@H]2CC[C@H]1C2. The van der Waals surface area contributed by atoms with Crippen LogP contribution in [0.5, 0.6) is 0 Å². The lowest BCUT2D eigenvalue weighted by atomic mass is 9.95. The maximum atomic E-state index is 12.1. The van der Waals surface area contributed by atoms with E-state index in [-0.39, 0.29) is 5.91 Å². The Balaban J connectivity index is 1.28. The van der Waals surface area contributed by atoms with Gasteiger partial charge in [-0.05, 0) is 43.2 Å². The second kappa shape index (κ2) is 5.79. The Morgan fingerprint density at radius 3 is 3.14 bits per heavy atom. The van der Waals surface area contributed by atoms with Gasteiger partial charge >= 0.3 is 0 Å². The number of hydrogen-bond acceptors (Lipinski definition) is 5. The number of aromatic nitrogens is 3. The summed E-state index contributed by atoms with van der Waals surface area (Å²) in [5.41, 5.74) is 0. The van der Waals surface area contributed by atoms with Gasteiger partial charge in [-0.15, -0.1) is 5.10 Å². The summed E-state index contributed by atoms with van der Waals surface area (Å²) < 4.78 is 5.25. The smallest absolute Gasteiger partial charge is 0.230 e. The minimum atomic E-state index is 0.0758. The highest BCUT2D eigenvalue weighted by Gasteiger charge is 2.39. The molecule has 0 radical (unpaired) electrons. The Hall–Kier alpha value is -1.76. The number of nitrogens with zero attached hydrogens (tertiary/aromatic N) is 2. The first-order valence-electron chi connectivity index (χ1n) is 7.66. The summed E-state index contributed by atoms with van der Waals surface area (Å²) in [4.78, 5) is 16.4. The summed E-state index contributed by atoms with van der Waals surface area (Å²) in [6.45, 7) is 0. The second-order valence-electron chi connectivity index (χ2n) is 6.08. The molecule has 6 nitrogen and oxygen atoms in total. The fourth-order valence-electron chi connectivity index (χ4n) is 3.63. The molecule has 1 amide bonds. The van der Waals surface area contributed by atoms with Crippen molar-refractivity contribution < 1.29 is 9.21 Å². The zero-order chi connectivity index (χ0) is 14.9. The summed E-state index contributed by atoms with van der Waals surface area (Å²) in [7, 11) is 0. The fourth-order valence-corrected chi connectivity index (χ4v) is 4.24. The summed E-state index contributed by atoms with van der Waals surface area (Å²) >= 11 is 1.34. The maximum Gasteiger partial charge on any atom is 0.230 e. The molecule has 2 saturated carbocycles. The number of fused-ring (bicyclic) bond motifs is 2. The molecule has 0 unspecified atom stereocenters. The molecule has 0 aromatic carbocycles. The van der Waals surface area contributed by atoms with E-state index in [2.05, 4.69) is 20.5 Å². The van der Waals surface area contributed by atoms with E-state index in [0.717, 1.165) is 12.3 Å². The number of furan rings is 1. The molecule has 4 rings (SSSR count). The summed E-state index contributed by atoms with van der Waals surface area (Å²) in [6.07, 6.45) is 6.66. The van der Waals surface area contributed by atoms with E-state index >= 15 is 0 Å². The summed E-state index contributed by atoms with van der Waals surface area (Å²) in [5.74, 6) is 3.20. The number of nitrogens with one attached hydrogen (secondary N) is 2. The lowest BCUT2D eigenvalue weighted by Crippen LogP contribution is -2.39. The van der Waals surface area contributed by atoms with Gasteiger partial charge in [0.1, 0.15) is 0 Å². The molecule has 2 fully saturated rings. The van der Waals surface area contributed by atoms with Gasteiger partial charge in [-0.3, -0.25) is 9.89 Å². The molecule has 2 bridgehead atoms. The number of hydrogen-bond donors (Lipinski definition) is 2. The van der Waals surface area contributed by atoms with Gasteiger partial charge in [-0.25, -0.2) is 0 Å². The number of aromatic amines is 1. The summed E-state index contributed by atoms with van der Waals surface area (Å²) in [6, 6.07) is 4.00. The van der Waals surface area contributed by atoms with E-state index in [4.69, 9.17) is 4.42 Å². The molecule has 2 aromatic rings. The van der Waals surface area contributed by atoms with Crippen molar-refractivity contribution in [3.63, 3.8) is 0 Å². The van der Waals surface area contributed by atoms with E-state index in [0.29, 0.717) is 34.5 Å². The molecule has 2 aromatic heterocycles. The van der Waals surface area contributed by atoms with Crippen LogP contribution in [0.25, 0.3) is 11.6 Å². The molecule has 2 heterocycles. The number of H-pyrrole nitrogens is 1. The van der Waals surface area contributed by atoms with Crippen LogP contribution >= 0.6 is 11.8 Å². The van der Waals surface area contributed by atoms with Crippen molar-refractivity contribution in [2.75, 3.05) is 5.75 Å². The largest absolute Gasteiger partial charge is 0.461 e. The standard InChI is InChI=1S/C15H18N4O2S/c20-13(16-11-7-9-3-4-10(11)6-9)8-22-15-17-14(18-19-15)12-2-1-5-21-12/h1-2,5,9-11H,3-4,6-8H2,(H,16,20)(H,17,18,19)/t9-,10-,11-/m0/s1. The van der Waals surface area contributed by atoms with Crippen LogP contribution in [0.2, 0.25) is 0 Å². The predicted molar refractivity (Wildman–Crippen MR) is 82.2 cm³/mol. The first-order valence-corrected chi connectivity index (χ1v) is 8.65. The highest BCUT2D eigenvalue weighted by molar-refractivity contribution is 7.99. The monoisotopic (exact) mass is 318 g/mol. The molecule has 2 aliphatic rings. The highest BCUT2D eigenvalue weighted by Crippen LogP contribution is 2.44. The van der Waals surface area contributed by atoms with Crippen LogP contribution in [0.4, 0.5) is 0 Å². The Morgan fingerprint density at radius 2 is 2.41 bits per heavy atom. The van der Waals surface area contributed by atoms with Gasteiger partial charge in [0.25, 0.3) is 0 Å². The van der Waals surface area contributed by atoms with Crippen molar-refractivity contribution in [3.05, 3.63) is 18.4 Å². The van der Waals surface area contributed by atoms with E-state index in [1.807, 2.05) is 6.07 Å². The number of rotatable bonds is 5. The second-order valence-corrected chi connectivity index (χ2v) is 7.02. The molecule has 0 saturated heterocycles. The topological polar surface area (TPSA) is 83.8 Å². The normalized spacial score (nSPS) is 26.5. The zero-order valence-corrected chi connectivity index (χ0v) is 12.9. The third-order valence-corrected chi connectivity index (χ3v) is 5.48. The first-order chi connectivity index (χ1) is 10.8. The van der Waals surface area contributed by atoms with Crippen molar-refractivity contribution in [2.24, 2.45) is 11.8 Å². The van der Waals surface area contributed by atoms with Gasteiger partial charge < -0.3 is 9.73 Å². The number of thioether (sulfide) groups is 1. The zero-order valence-electron chi connectivity index (χ0n) is 12.1. The van der Waals surface area contributed by atoms with Crippen LogP contribution < -0.4 is 5.32 Å². The van der Waals surface area contributed by atoms with E-state index < -0.39 is 0 Å². The quantitative estimate of drug-likeness (QED) is 0.827. The molecule has 2 N–H and O–H groups in total. The van der Waals surface area contributed by atoms with Gasteiger partial charge in [0, 0.05) is 6.04 Å². The van der Waals surface area contributed by atoms with Crippen molar-refractivity contribution in [2.45, 2.75) is 36.9 Å². The minimum Gasteiger partial charge on any atom is -0.461 e. The van der Waals surface area contributed by atoms with Gasteiger partial charge in [-0.1, -0.05) is 18.2 Å². The van der Waals surface area contributed by atoms with E-state index in [9.17, 15) is 4.79 Å². The van der Waals surface area contributed by atoms with Crippen LogP contribution in [-0.2, 0) is 4.79 Å². The molecule has 0 aliphatic heterocycles. The van der Waals surface area contributed by atoms with Crippen molar-refractivity contribution in [1.82, 2.24) is 20.5 Å². The molecule has 0 spiro atoms. The number of carbonyl (C=O) groups excluding carboxylic acids is 1. The molecular formula is C15H18N4O2S. The van der Waals surface area contributed by atoms with Gasteiger partial charge in [0.15, 0.2) is 11.6 Å². The predicted octanol–water partition coefficient (Wildman–Crippen LogP) is 2.46.